The van der Waals surface area contributed by atoms with E-state index in [9.17, 15) is 0 Å². The predicted molar refractivity (Wildman–Crippen MR) is 95.0 cm³/mol. The Morgan fingerprint density at radius 1 is 1.48 bits per heavy atom. The Kier molecular flexibility index (Phi) is 4.20. The topological polar surface area (TPSA) is 66.1 Å². The van der Waals surface area contributed by atoms with Gasteiger partial charge in [-0.2, -0.15) is 10.4 Å². The SMILES string of the molecule is Cn1cc(CN2CCC3(CC(Nc4cccc(C#N)c4)CO3)C2)cn1. The van der Waals surface area contributed by atoms with Gasteiger partial charge in [-0.25, -0.2) is 0 Å². The van der Waals surface area contributed by atoms with E-state index in [1.54, 1.807) is 0 Å². The number of benzene rings is 1. The molecule has 6 heteroatoms. The monoisotopic (exact) mass is 337 g/mol. The molecule has 25 heavy (non-hydrogen) atoms. The Morgan fingerprint density at radius 3 is 3.20 bits per heavy atom. The Morgan fingerprint density at radius 2 is 2.40 bits per heavy atom. The minimum absolute atomic E-state index is 0.0350. The lowest BCUT2D eigenvalue weighted by Crippen LogP contribution is -2.33. The van der Waals surface area contributed by atoms with Gasteiger partial charge < -0.3 is 10.1 Å². The van der Waals surface area contributed by atoms with Crippen molar-refractivity contribution in [3.8, 4) is 6.07 Å². The molecule has 2 saturated heterocycles. The third-order valence-corrected chi connectivity index (χ3v) is 5.13. The predicted octanol–water partition coefficient (Wildman–Crippen LogP) is 2.14. The van der Waals surface area contributed by atoms with Crippen molar-refractivity contribution in [2.45, 2.75) is 31.0 Å². The number of hydrogen-bond acceptors (Lipinski definition) is 5. The summed E-state index contributed by atoms with van der Waals surface area (Å²) >= 11 is 0. The van der Waals surface area contributed by atoms with E-state index in [4.69, 9.17) is 10.00 Å². The number of aromatic nitrogens is 2. The molecule has 2 aliphatic heterocycles. The molecule has 0 bridgehead atoms. The molecule has 2 aromatic rings. The Hall–Kier alpha value is -2.36. The third kappa shape index (κ3) is 3.53. The maximum Gasteiger partial charge on any atom is 0.0992 e. The van der Waals surface area contributed by atoms with Crippen molar-refractivity contribution in [1.29, 1.82) is 5.26 Å². The van der Waals surface area contributed by atoms with E-state index < -0.39 is 0 Å². The van der Waals surface area contributed by atoms with Crippen LogP contribution in [0.25, 0.3) is 0 Å². The maximum absolute atomic E-state index is 9.03. The smallest absolute Gasteiger partial charge is 0.0992 e. The van der Waals surface area contributed by atoms with Crippen molar-refractivity contribution in [3.05, 3.63) is 47.8 Å². The molecular formula is C19H23N5O. The van der Waals surface area contributed by atoms with Crippen LogP contribution in [0.5, 0.6) is 0 Å². The fourth-order valence-corrected chi connectivity index (χ4v) is 4.01. The van der Waals surface area contributed by atoms with Crippen LogP contribution in [-0.4, -0.2) is 46.0 Å². The number of ether oxygens (including phenoxy) is 1. The summed E-state index contributed by atoms with van der Waals surface area (Å²) in [4.78, 5) is 2.45. The van der Waals surface area contributed by atoms with Gasteiger partial charge in [0, 0.05) is 50.6 Å². The highest BCUT2D eigenvalue weighted by molar-refractivity contribution is 5.50. The summed E-state index contributed by atoms with van der Waals surface area (Å²) in [6.45, 7) is 3.68. The minimum Gasteiger partial charge on any atom is -0.380 e. The van der Waals surface area contributed by atoms with Gasteiger partial charge in [0.25, 0.3) is 0 Å². The van der Waals surface area contributed by atoms with E-state index in [1.165, 1.54) is 5.56 Å². The first-order valence-corrected chi connectivity index (χ1v) is 8.75. The van der Waals surface area contributed by atoms with Crippen LogP contribution in [-0.2, 0) is 18.3 Å². The molecule has 0 amide bonds. The summed E-state index contributed by atoms with van der Waals surface area (Å²) in [6.07, 6.45) is 6.09. The summed E-state index contributed by atoms with van der Waals surface area (Å²) in [5.74, 6) is 0. The fraction of sp³-hybridized carbons (Fsp3) is 0.474. The summed E-state index contributed by atoms with van der Waals surface area (Å²) < 4.78 is 8.08. The fourth-order valence-electron chi connectivity index (χ4n) is 4.01. The third-order valence-electron chi connectivity index (χ3n) is 5.13. The average molecular weight is 337 g/mol. The number of hydrogen-bond donors (Lipinski definition) is 1. The zero-order valence-electron chi connectivity index (χ0n) is 14.5. The Labute approximate surface area is 148 Å². The first-order valence-electron chi connectivity index (χ1n) is 8.75. The van der Waals surface area contributed by atoms with Crippen molar-refractivity contribution in [3.63, 3.8) is 0 Å². The van der Waals surface area contributed by atoms with E-state index in [-0.39, 0.29) is 5.60 Å². The number of likely N-dealkylation sites (tertiary alicyclic amines) is 1. The summed E-state index contributed by atoms with van der Waals surface area (Å²) in [5.41, 5.74) is 2.89. The molecule has 3 heterocycles. The molecule has 2 atom stereocenters. The highest BCUT2D eigenvalue weighted by Crippen LogP contribution is 2.36. The lowest BCUT2D eigenvalue weighted by Gasteiger charge is -2.23. The van der Waals surface area contributed by atoms with Gasteiger partial charge in [0.05, 0.1) is 36.1 Å². The number of nitrogens with zero attached hydrogens (tertiary/aromatic N) is 4. The van der Waals surface area contributed by atoms with Crippen molar-refractivity contribution in [2.24, 2.45) is 7.05 Å². The van der Waals surface area contributed by atoms with E-state index in [0.29, 0.717) is 11.6 Å². The number of nitriles is 1. The summed E-state index contributed by atoms with van der Waals surface area (Å²) in [6, 6.07) is 10.1. The van der Waals surface area contributed by atoms with Gasteiger partial charge in [-0.1, -0.05) is 6.07 Å². The van der Waals surface area contributed by atoms with Crippen molar-refractivity contribution < 1.29 is 4.74 Å². The second-order valence-electron chi connectivity index (χ2n) is 7.21. The van der Waals surface area contributed by atoms with E-state index >= 15 is 0 Å². The van der Waals surface area contributed by atoms with Gasteiger partial charge in [-0.3, -0.25) is 9.58 Å². The van der Waals surface area contributed by atoms with Crippen LogP contribution < -0.4 is 5.32 Å². The molecule has 2 aliphatic rings. The van der Waals surface area contributed by atoms with Crippen molar-refractivity contribution in [2.75, 3.05) is 25.0 Å². The number of rotatable bonds is 4. The van der Waals surface area contributed by atoms with Crippen LogP contribution >= 0.6 is 0 Å². The molecule has 0 aliphatic carbocycles. The molecule has 1 N–H and O–H groups in total. The van der Waals surface area contributed by atoms with Crippen LogP contribution in [0, 0.1) is 11.3 Å². The lowest BCUT2D eigenvalue weighted by atomic mass is 9.97. The second-order valence-corrected chi connectivity index (χ2v) is 7.21. The molecule has 1 spiro atoms. The number of nitrogens with one attached hydrogen (secondary N) is 1. The highest BCUT2D eigenvalue weighted by Gasteiger charge is 2.45. The van der Waals surface area contributed by atoms with Crippen LogP contribution in [0.2, 0.25) is 0 Å². The highest BCUT2D eigenvalue weighted by atomic mass is 16.5. The van der Waals surface area contributed by atoms with Crippen molar-refractivity contribution in [1.82, 2.24) is 14.7 Å². The zero-order chi connectivity index (χ0) is 17.3. The normalized spacial score (nSPS) is 26.2. The molecule has 1 aromatic heterocycles. The number of aryl methyl sites for hydroxylation is 1. The van der Waals surface area contributed by atoms with Gasteiger partial charge >= 0.3 is 0 Å². The molecule has 2 fully saturated rings. The Balaban J connectivity index is 1.35. The molecule has 2 unspecified atom stereocenters. The molecule has 4 rings (SSSR count). The van der Waals surface area contributed by atoms with Crippen LogP contribution in [0.4, 0.5) is 5.69 Å². The quantitative estimate of drug-likeness (QED) is 0.926. The first-order chi connectivity index (χ1) is 12.1. The van der Waals surface area contributed by atoms with Crippen molar-refractivity contribution >= 4 is 5.69 Å². The maximum atomic E-state index is 9.03. The van der Waals surface area contributed by atoms with Crippen LogP contribution in [0.15, 0.2) is 36.7 Å². The first kappa shape index (κ1) is 16.1. The molecule has 0 saturated carbocycles. The standard InChI is InChI=1S/C19H23N5O/c1-23-11-16(10-21-23)12-24-6-5-19(14-24)8-18(13-25-19)22-17-4-2-3-15(7-17)9-20/h2-4,7,10-11,18,22H,5-6,8,12-14H2,1H3. The van der Waals surface area contributed by atoms with E-state index in [2.05, 4.69) is 27.6 Å². The van der Waals surface area contributed by atoms with Gasteiger partial charge in [-0.05, 0) is 24.6 Å². The molecular weight excluding hydrogens is 314 g/mol. The minimum atomic E-state index is -0.0350. The number of anilines is 1. The summed E-state index contributed by atoms with van der Waals surface area (Å²) in [7, 11) is 1.95. The van der Waals surface area contributed by atoms with E-state index in [1.807, 2.05) is 42.2 Å². The average Bonchev–Trinajstić information content (AvgIpc) is 3.31. The zero-order valence-corrected chi connectivity index (χ0v) is 14.5. The van der Waals surface area contributed by atoms with Gasteiger partial charge in [0.1, 0.15) is 0 Å². The lowest BCUT2D eigenvalue weighted by molar-refractivity contribution is 0.0120. The molecule has 130 valence electrons. The Bertz CT molecular complexity index is 795. The van der Waals surface area contributed by atoms with Gasteiger partial charge in [0.2, 0.25) is 0 Å². The van der Waals surface area contributed by atoms with Crippen LogP contribution in [0.3, 0.4) is 0 Å². The molecule has 1 aromatic carbocycles. The van der Waals surface area contributed by atoms with Crippen LogP contribution in [0.1, 0.15) is 24.0 Å². The molecule has 0 radical (unpaired) electrons. The molecule has 6 nitrogen and oxygen atoms in total. The van der Waals surface area contributed by atoms with Gasteiger partial charge in [0.15, 0.2) is 0 Å². The van der Waals surface area contributed by atoms with Gasteiger partial charge in [-0.15, -0.1) is 0 Å². The van der Waals surface area contributed by atoms with E-state index in [0.717, 1.165) is 44.8 Å². The second kappa shape index (κ2) is 6.51. The summed E-state index contributed by atoms with van der Waals surface area (Å²) in [5, 5.41) is 16.8. The largest absolute Gasteiger partial charge is 0.380 e.